The number of benzene rings is 2. The number of ether oxygens (including phenoxy) is 1. The van der Waals surface area contributed by atoms with Gasteiger partial charge in [-0.15, -0.1) is 0 Å². The summed E-state index contributed by atoms with van der Waals surface area (Å²) in [4.78, 5) is 2.34. The van der Waals surface area contributed by atoms with Gasteiger partial charge in [0.2, 0.25) is 0 Å². The smallest absolute Gasteiger partial charge is 0.0587 e. The molecular weight excluding hydrogens is 370 g/mol. The highest BCUT2D eigenvalue weighted by Crippen LogP contribution is 2.37. The predicted molar refractivity (Wildman–Crippen MR) is 93.3 cm³/mol. The molecule has 0 aliphatic rings. The fourth-order valence-corrected chi connectivity index (χ4v) is 3.67. The van der Waals surface area contributed by atoms with E-state index >= 15 is 0 Å². The third kappa shape index (κ3) is 5.01. The fraction of sp³-hybridized carbons (Fsp3) is 0.250. The van der Waals surface area contributed by atoms with Crippen molar-refractivity contribution >= 4 is 39.3 Å². The van der Waals surface area contributed by atoms with Crippen LogP contribution in [-0.2, 0) is 11.3 Å². The molecule has 0 spiro atoms. The largest absolute Gasteiger partial charge is 0.383 e. The van der Waals surface area contributed by atoms with E-state index in [0.29, 0.717) is 6.61 Å². The zero-order chi connectivity index (χ0) is 15.1. The molecule has 0 aliphatic carbocycles. The van der Waals surface area contributed by atoms with Crippen LogP contribution in [0.4, 0.5) is 0 Å². The minimum absolute atomic E-state index is 0.692. The van der Waals surface area contributed by atoms with E-state index < -0.39 is 0 Å². The van der Waals surface area contributed by atoms with Gasteiger partial charge in [0.05, 0.1) is 6.61 Å². The molecule has 5 heteroatoms. The predicted octanol–water partition coefficient (Wildman–Crippen LogP) is 4.99. The zero-order valence-electron chi connectivity index (χ0n) is 11.7. The Balaban J connectivity index is 2.15. The number of hydrogen-bond acceptors (Lipinski definition) is 3. The van der Waals surface area contributed by atoms with Crippen LogP contribution in [0, 0.1) is 0 Å². The first kappa shape index (κ1) is 16.8. The molecule has 112 valence electrons. The van der Waals surface area contributed by atoms with Crippen molar-refractivity contribution in [3.05, 3.63) is 57.5 Å². The summed E-state index contributed by atoms with van der Waals surface area (Å²) >= 11 is 11.7. The van der Waals surface area contributed by atoms with Crippen molar-refractivity contribution in [2.24, 2.45) is 0 Å². The second-order valence-corrected chi connectivity index (χ2v) is 6.76. The van der Waals surface area contributed by atoms with E-state index in [1.54, 1.807) is 18.9 Å². The summed E-state index contributed by atoms with van der Waals surface area (Å²) in [7, 11) is 1.70. The molecule has 2 nitrogen and oxygen atoms in total. The molecule has 0 bridgehead atoms. The van der Waals surface area contributed by atoms with Crippen LogP contribution < -0.4 is 5.32 Å². The van der Waals surface area contributed by atoms with Gasteiger partial charge in [-0.3, -0.25) is 0 Å². The Morgan fingerprint density at radius 2 is 1.90 bits per heavy atom. The second-order valence-electron chi connectivity index (χ2n) is 4.42. The summed E-state index contributed by atoms with van der Waals surface area (Å²) in [6.45, 7) is 2.23. The van der Waals surface area contributed by atoms with Crippen molar-refractivity contribution in [3.63, 3.8) is 0 Å². The summed E-state index contributed by atoms with van der Waals surface area (Å²) in [5.74, 6) is 0. The van der Waals surface area contributed by atoms with Crippen molar-refractivity contribution in [3.8, 4) is 0 Å². The molecule has 0 saturated heterocycles. The Labute approximate surface area is 143 Å². The van der Waals surface area contributed by atoms with Crippen molar-refractivity contribution in [1.29, 1.82) is 0 Å². The van der Waals surface area contributed by atoms with Crippen LogP contribution in [0.2, 0.25) is 5.02 Å². The van der Waals surface area contributed by atoms with Crippen molar-refractivity contribution < 1.29 is 4.74 Å². The van der Waals surface area contributed by atoms with E-state index in [1.165, 1.54) is 9.79 Å². The molecule has 0 amide bonds. The highest BCUT2D eigenvalue weighted by Gasteiger charge is 2.09. The van der Waals surface area contributed by atoms with Gasteiger partial charge in [0.25, 0.3) is 0 Å². The van der Waals surface area contributed by atoms with Crippen LogP contribution >= 0.6 is 39.3 Å². The molecular formula is C16H17BrClNOS. The van der Waals surface area contributed by atoms with E-state index in [-0.39, 0.29) is 0 Å². The fourth-order valence-electron chi connectivity index (χ4n) is 1.84. The number of hydrogen-bond donors (Lipinski definition) is 1. The quantitative estimate of drug-likeness (QED) is 0.677. The Hall–Kier alpha value is -0.520. The van der Waals surface area contributed by atoms with Gasteiger partial charge in [0, 0.05) is 39.5 Å². The van der Waals surface area contributed by atoms with Crippen molar-refractivity contribution in [2.45, 2.75) is 16.3 Å². The number of nitrogens with one attached hydrogen (secondary N) is 1. The maximum atomic E-state index is 6.35. The molecule has 0 unspecified atom stereocenters. The number of halogens is 2. The number of methoxy groups -OCH3 is 1. The van der Waals surface area contributed by atoms with Gasteiger partial charge in [-0.1, -0.05) is 41.6 Å². The van der Waals surface area contributed by atoms with Gasteiger partial charge in [-0.05, 0) is 45.8 Å². The molecule has 0 fully saturated rings. The van der Waals surface area contributed by atoms with Crippen LogP contribution in [0.15, 0.2) is 56.7 Å². The average Bonchev–Trinajstić information content (AvgIpc) is 2.48. The molecule has 0 saturated carbocycles. The van der Waals surface area contributed by atoms with Gasteiger partial charge in [-0.25, -0.2) is 0 Å². The van der Waals surface area contributed by atoms with Crippen LogP contribution in [0.5, 0.6) is 0 Å². The number of rotatable bonds is 7. The van der Waals surface area contributed by atoms with Gasteiger partial charge in [-0.2, -0.15) is 0 Å². The summed E-state index contributed by atoms with van der Waals surface area (Å²) < 4.78 is 6.14. The Kier molecular flexibility index (Phi) is 7.07. The minimum atomic E-state index is 0.692. The Bertz CT molecular complexity index is 594. The molecule has 2 aromatic rings. The van der Waals surface area contributed by atoms with Gasteiger partial charge < -0.3 is 10.1 Å². The van der Waals surface area contributed by atoms with E-state index in [0.717, 1.165) is 28.1 Å². The summed E-state index contributed by atoms with van der Waals surface area (Å²) in [6, 6.07) is 14.2. The molecule has 0 radical (unpaired) electrons. The molecule has 21 heavy (non-hydrogen) atoms. The summed E-state index contributed by atoms with van der Waals surface area (Å²) in [5.41, 5.74) is 1.12. The first-order chi connectivity index (χ1) is 10.2. The third-order valence-corrected chi connectivity index (χ3v) is 5.40. The van der Waals surface area contributed by atoms with Crippen LogP contribution in [0.25, 0.3) is 0 Å². The standard InChI is InChI=1S/C16H17BrClNOS/c1-20-10-9-19-11-12-14(18)6-4-8-15(12)21-16-7-3-2-5-13(16)17/h2-8,19H,9-11H2,1H3. The average molecular weight is 387 g/mol. The van der Waals surface area contributed by atoms with Crippen LogP contribution in [0.1, 0.15) is 5.56 Å². The molecule has 1 N–H and O–H groups in total. The van der Waals surface area contributed by atoms with Crippen LogP contribution in [-0.4, -0.2) is 20.3 Å². The molecule has 0 aliphatic heterocycles. The van der Waals surface area contributed by atoms with Crippen molar-refractivity contribution in [2.75, 3.05) is 20.3 Å². The topological polar surface area (TPSA) is 21.3 Å². The molecule has 0 aromatic heterocycles. The lowest BCUT2D eigenvalue weighted by molar-refractivity contribution is 0.199. The lowest BCUT2D eigenvalue weighted by atomic mass is 10.2. The maximum Gasteiger partial charge on any atom is 0.0587 e. The van der Waals surface area contributed by atoms with E-state index in [4.69, 9.17) is 16.3 Å². The van der Waals surface area contributed by atoms with Gasteiger partial charge in [0.15, 0.2) is 0 Å². The normalized spacial score (nSPS) is 10.8. The van der Waals surface area contributed by atoms with E-state index in [9.17, 15) is 0 Å². The van der Waals surface area contributed by atoms with E-state index in [1.807, 2.05) is 30.3 Å². The summed E-state index contributed by atoms with van der Waals surface area (Å²) in [5, 5.41) is 4.14. The SMILES string of the molecule is COCCNCc1c(Cl)cccc1Sc1ccccc1Br. The molecule has 2 aromatic carbocycles. The Morgan fingerprint density at radius 3 is 2.67 bits per heavy atom. The lowest BCUT2D eigenvalue weighted by Crippen LogP contribution is -2.19. The zero-order valence-corrected chi connectivity index (χ0v) is 14.9. The summed E-state index contributed by atoms with van der Waals surface area (Å²) in [6.07, 6.45) is 0. The molecule has 2 rings (SSSR count). The second kappa shape index (κ2) is 8.81. The molecule has 0 atom stereocenters. The van der Waals surface area contributed by atoms with E-state index in [2.05, 4.69) is 33.4 Å². The monoisotopic (exact) mass is 385 g/mol. The lowest BCUT2D eigenvalue weighted by Gasteiger charge is -2.13. The third-order valence-electron chi connectivity index (χ3n) is 2.92. The first-order valence-electron chi connectivity index (χ1n) is 6.62. The van der Waals surface area contributed by atoms with Crippen molar-refractivity contribution in [1.82, 2.24) is 5.32 Å². The van der Waals surface area contributed by atoms with Gasteiger partial charge in [0.1, 0.15) is 0 Å². The highest BCUT2D eigenvalue weighted by molar-refractivity contribution is 9.10. The Morgan fingerprint density at radius 1 is 1.14 bits per heavy atom. The van der Waals surface area contributed by atoms with Crippen LogP contribution in [0.3, 0.4) is 0 Å². The minimum Gasteiger partial charge on any atom is -0.383 e. The highest BCUT2D eigenvalue weighted by atomic mass is 79.9. The first-order valence-corrected chi connectivity index (χ1v) is 8.60. The van der Waals surface area contributed by atoms with Gasteiger partial charge >= 0.3 is 0 Å². The molecule has 0 heterocycles. The maximum absolute atomic E-state index is 6.35.